The summed E-state index contributed by atoms with van der Waals surface area (Å²) in [6.07, 6.45) is 3.53. The van der Waals surface area contributed by atoms with Gasteiger partial charge in [0, 0.05) is 54.7 Å². The third kappa shape index (κ3) is 4.63. The highest BCUT2D eigenvalue weighted by atomic mass is 32.2. The van der Waals surface area contributed by atoms with E-state index in [0.717, 1.165) is 16.6 Å². The van der Waals surface area contributed by atoms with Crippen molar-refractivity contribution in [2.24, 2.45) is 0 Å². The van der Waals surface area contributed by atoms with Crippen LogP contribution in [0.25, 0.3) is 10.9 Å². The highest BCUT2D eigenvalue weighted by Gasteiger charge is 2.31. The summed E-state index contributed by atoms with van der Waals surface area (Å²) >= 11 is 1.23. The number of amides is 1. The van der Waals surface area contributed by atoms with Gasteiger partial charge in [-0.05, 0) is 55.6 Å². The van der Waals surface area contributed by atoms with E-state index in [2.05, 4.69) is 27.6 Å². The van der Waals surface area contributed by atoms with Crippen LogP contribution in [0.1, 0.15) is 19.9 Å². The molecule has 2 aromatic heterocycles. The van der Waals surface area contributed by atoms with E-state index in [1.807, 2.05) is 59.0 Å². The van der Waals surface area contributed by atoms with Crippen LogP contribution < -0.4 is 9.62 Å². The molecule has 0 aliphatic carbocycles. The third-order valence-corrected chi connectivity index (χ3v) is 8.65. The quantitative estimate of drug-likeness (QED) is 0.421. The molecule has 35 heavy (non-hydrogen) atoms. The number of anilines is 2. The predicted octanol–water partition coefficient (Wildman–Crippen LogP) is 4.20. The van der Waals surface area contributed by atoms with Crippen molar-refractivity contribution < 1.29 is 13.2 Å². The Labute approximate surface area is 208 Å². The summed E-state index contributed by atoms with van der Waals surface area (Å²) in [6, 6.07) is 16.7. The van der Waals surface area contributed by atoms with Crippen LogP contribution >= 0.6 is 11.3 Å². The van der Waals surface area contributed by atoms with Crippen LogP contribution in [0.3, 0.4) is 0 Å². The smallest absolute Gasteiger partial charge is 0.263 e. The second-order valence-corrected chi connectivity index (χ2v) is 11.3. The van der Waals surface area contributed by atoms with E-state index in [1.165, 1.54) is 11.3 Å². The second-order valence-electron chi connectivity index (χ2n) is 8.72. The molecule has 0 saturated carbocycles. The Balaban J connectivity index is 1.25. The third-order valence-electron chi connectivity index (χ3n) is 6.48. The van der Waals surface area contributed by atoms with Crippen molar-refractivity contribution >= 4 is 49.0 Å². The molecule has 1 amide bonds. The minimum Gasteiger partial charge on any atom is -0.368 e. The van der Waals surface area contributed by atoms with Gasteiger partial charge in [0.25, 0.3) is 10.0 Å². The van der Waals surface area contributed by atoms with Gasteiger partial charge in [0.1, 0.15) is 6.04 Å². The average molecular weight is 510 g/mol. The van der Waals surface area contributed by atoms with E-state index in [1.54, 1.807) is 23.7 Å². The fourth-order valence-electron chi connectivity index (χ4n) is 4.60. The molecule has 1 aliphatic rings. The Kier molecular flexibility index (Phi) is 6.24. The Bertz CT molecular complexity index is 1430. The first-order valence-corrected chi connectivity index (χ1v) is 13.8. The first kappa shape index (κ1) is 23.4. The van der Waals surface area contributed by atoms with Gasteiger partial charge in [-0.2, -0.15) is 0 Å². The maximum Gasteiger partial charge on any atom is 0.263 e. The molecule has 0 radical (unpaired) electrons. The van der Waals surface area contributed by atoms with E-state index in [4.69, 9.17) is 0 Å². The highest BCUT2D eigenvalue weighted by Crippen LogP contribution is 2.26. The van der Waals surface area contributed by atoms with Crippen LogP contribution in [0.15, 0.2) is 77.3 Å². The Hall–Kier alpha value is -3.37. The number of hydrogen-bond donors (Lipinski definition) is 1. The molecule has 0 bridgehead atoms. The van der Waals surface area contributed by atoms with Crippen LogP contribution in [0, 0.1) is 0 Å². The Morgan fingerprint density at radius 3 is 2.60 bits per heavy atom. The number of aromatic nitrogens is 2. The van der Waals surface area contributed by atoms with Crippen molar-refractivity contribution in [2.45, 2.75) is 30.8 Å². The lowest BCUT2D eigenvalue weighted by Crippen LogP contribution is -2.55. The van der Waals surface area contributed by atoms with Crippen LogP contribution in [0.2, 0.25) is 0 Å². The van der Waals surface area contributed by atoms with Gasteiger partial charge in [-0.25, -0.2) is 13.4 Å². The van der Waals surface area contributed by atoms with Crippen LogP contribution in [-0.2, 0) is 14.8 Å². The average Bonchev–Trinajstić information content (AvgIpc) is 3.53. The normalized spacial score (nSPS) is 17.5. The van der Waals surface area contributed by atoms with Crippen molar-refractivity contribution in [3.8, 4) is 0 Å². The number of hydrogen-bond acceptors (Lipinski definition) is 6. The fourth-order valence-corrected chi connectivity index (χ4v) is 6.39. The van der Waals surface area contributed by atoms with Gasteiger partial charge in [-0.15, -0.1) is 11.3 Å². The van der Waals surface area contributed by atoms with Gasteiger partial charge in [-0.3, -0.25) is 9.52 Å². The molecule has 1 aliphatic heterocycles. The predicted molar refractivity (Wildman–Crippen MR) is 139 cm³/mol. The minimum atomic E-state index is -3.68. The first-order valence-electron chi connectivity index (χ1n) is 11.5. The molecule has 5 rings (SSSR count). The summed E-state index contributed by atoms with van der Waals surface area (Å²) < 4.78 is 29.7. The number of nitrogens with zero attached hydrogens (tertiary/aromatic N) is 4. The number of para-hydroxylation sites is 1. The maximum atomic E-state index is 13.4. The molecule has 10 heteroatoms. The van der Waals surface area contributed by atoms with Crippen molar-refractivity contribution in [3.63, 3.8) is 0 Å². The molecule has 2 aromatic carbocycles. The van der Waals surface area contributed by atoms with E-state index in [9.17, 15) is 13.2 Å². The van der Waals surface area contributed by atoms with Crippen LogP contribution in [0.4, 0.5) is 10.8 Å². The van der Waals surface area contributed by atoms with E-state index < -0.39 is 10.0 Å². The summed E-state index contributed by atoms with van der Waals surface area (Å²) in [6.45, 7) is 5.97. The first-order chi connectivity index (χ1) is 16.8. The largest absolute Gasteiger partial charge is 0.368 e. The standard InChI is InChI=1S/C25H27N5O3S2/c1-18-17-28(21-7-9-22(10-8-21)35(32,33)27-25-26-12-16-34-25)14-15-29(18)24(31)19(2)30-13-11-20-5-3-4-6-23(20)30/h3-13,16,18-19H,14-15,17H2,1-2H3,(H,26,27)/t18-,19?/m1/s1. The zero-order valence-electron chi connectivity index (χ0n) is 19.5. The lowest BCUT2D eigenvalue weighted by Gasteiger charge is -2.42. The second kappa shape index (κ2) is 9.35. The van der Waals surface area contributed by atoms with Gasteiger partial charge in [0.05, 0.1) is 4.90 Å². The minimum absolute atomic E-state index is 0.0236. The van der Waals surface area contributed by atoms with Crippen LogP contribution in [0.5, 0.6) is 0 Å². The summed E-state index contributed by atoms with van der Waals surface area (Å²) in [5.74, 6) is 0.105. The lowest BCUT2D eigenvalue weighted by atomic mass is 10.1. The number of rotatable bonds is 6. The molecule has 182 valence electrons. The van der Waals surface area contributed by atoms with Gasteiger partial charge in [0.15, 0.2) is 5.13 Å². The summed E-state index contributed by atoms with van der Waals surface area (Å²) in [4.78, 5) is 21.7. The monoisotopic (exact) mass is 509 g/mol. The summed E-state index contributed by atoms with van der Waals surface area (Å²) in [5.41, 5.74) is 1.99. The molecular weight excluding hydrogens is 482 g/mol. The molecule has 0 spiro atoms. The van der Waals surface area contributed by atoms with E-state index in [-0.39, 0.29) is 22.9 Å². The molecule has 8 nitrogen and oxygen atoms in total. The van der Waals surface area contributed by atoms with E-state index >= 15 is 0 Å². The van der Waals surface area contributed by atoms with Gasteiger partial charge in [0.2, 0.25) is 5.91 Å². The molecule has 1 saturated heterocycles. The van der Waals surface area contributed by atoms with Crippen molar-refractivity contribution in [1.29, 1.82) is 0 Å². The molecule has 2 atom stereocenters. The highest BCUT2D eigenvalue weighted by molar-refractivity contribution is 7.93. The number of sulfonamides is 1. The van der Waals surface area contributed by atoms with Gasteiger partial charge >= 0.3 is 0 Å². The number of benzene rings is 2. The van der Waals surface area contributed by atoms with Gasteiger partial charge < -0.3 is 14.4 Å². The number of carbonyl (C=O) groups excluding carboxylic acids is 1. The maximum absolute atomic E-state index is 13.4. The molecule has 1 unspecified atom stereocenters. The van der Waals surface area contributed by atoms with Crippen molar-refractivity contribution in [2.75, 3.05) is 29.3 Å². The molecule has 1 fully saturated rings. The zero-order valence-corrected chi connectivity index (χ0v) is 21.2. The molecule has 3 heterocycles. The molecule has 4 aromatic rings. The summed E-state index contributed by atoms with van der Waals surface area (Å²) in [7, 11) is -3.68. The molecule has 1 N–H and O–H groups in total. The Morgan fingerprint density at radius 2 is 1.89 bits per heavy atom. The Morgan fingerprint density at radius 1 is 1.11 bits per heavy atom. The number of carbonyl (C=O) groups is 1. The van der Waals surface area contributed by atoms with Crippen molar-refractivity contribution in [1.82, 2.24) is 14.5 Å². The zero-order chi connectivity index (χ0) is 24.6. The summed E-state index contributed by atoms with van der Waals surface area (Å²) in [5, 5.41) is 3.18. The lowest BCUT2D eigenvalue weighted by molar-refractivity contribution is -0.136. The van der Waals surface area contributed by atoms with E-state index in [0.29, 0.717) is 24.8 Å². The number of fused-ring (bicyclic) bond motifs is 1. The number of thiazole rings is 1. The fraction of sp³-hybridized carbons (Fsp3) is 0.280. The topological polar surface area (TPSA) is 87.5 Å². The molecular formula is C25H27N5O3S2. The van der Waals surface area contributed by atoms with Gasteiger partial charge in [-0.1, -0.05) is 18.2 Å². The number of piperazine rings is 1. The SMILES string of the molecule is CC(C(=O)N1CCN(c2ccc(S(=O)(=O)Nc3nccs3)cc2)C[C@H]1C)n1ccc2ccccc21. The van der Waals surface area contributed by atoms with Crippen molar-refractivity contribution in [3.05, 3.63) is 72.4 Å². The van der Waals surface area contributed by atoms with Crippen LogP contribution in [-0.4, -0.2) is 54.5 Å². The number of nitrogens with one attached hydrogen (secondary N) is 1.